The molecule has 3 fully saturated rings. The van der Waals surface area contributed by atoms with E-state index in [1.54, 1.807) is 6.07 Å². The van der Waals surface area contributed by atoms with Crippen molar-refractivity contribution in [3.05, 3.63) is 29.8 Å². The van der Waals surface area contributed by atoms with Crippen molar-refractivity contribution in [3.63, 3.8) is 0 Å². The molecule has 1 aromatic rings. The molecule has 0 spiro atoms. The van der Waals surface area contributed by atoms with Crippen LogP contribution in [0.3, 0.4) is 0 Å². The number of amides is 1. The summed E-state index contributed by atoms with van der Waals surface area (Å²) in [4.78, 5) is 16.4. The van der Waals surface area contributed by atoms with Crippen LogP contribution in [0, 0.1) is 5.92 Å². The van der Waals surface area contributed by atoms with Crippen molar-refractivity contribution in [2.45, 2.75) is 56.2 Å². The third kappa shape index (κ3) is 5.45. The van der Waals surface area contributed by atoms with Gasteiger partial charge in [0.2, 0.25) is 5.91 Å². The summed E-state index contributed by atoms with van der Waals surface area (Å²) in [5, 5.41) is 23.3. The van der Waals surface area contributed by atoms with Crippen molar-refractivity contribution in [3.8, 4) is 0 Å². The number of carbonyl (C=O) groups is 1. The number of halogens is 3. The Morgan fingerprint density at radius 1 is 1.12 bits per heavy atom. The van der Waals surface area contributed by atoms with Crippen LogP contribution in [0.4, 0.5) is 18.9 Å². The molecular formula is C23H32F3N3O4. The maximum atomic E-state index is 13.1. The molecule has 0 radical (unpaired) electrons. The Balaban J connectivity index is 1.38. The number of aliphatic hydroxyl groups is 2. The highest BCUT2D eigenvalue weighted by molar-refractivity contribution is 5.78. The smallest absolute Gasteiger partial charge is 0.394 e. The average molecular weight is 472 g/mol. The normalized spacial score (nSPS) is 29.5. The summed E-state index contributed by atoms with van der Waals surface area (Å²) in [6, 6.07) is 4.89. The first-order valence-electron chi connectivity index (χ1n) is 11.7. The van der Waals surface area contributed by atoms with Crippen molar-refractivity contribution in [1.29, 1.82) is 0 Å². The molecule has 0 aromatic heterocycles. The molecule has 1 aliphatic carbocycles. The fourth-order valence-corrected chi connectivity index (χ4v) is 5.29. The maximum absolute atomic E-state index is 13.1. The quantitative estimate of drug-likeness (QED) is 0.585. The molecule has 1 aromatic carbocycles. The molecule has 33 heavy (non-hydrogen) atoms. The van der Waals surface area contributed by atoms with E-state index in [9.17, 15) is 28.2 Å². The van der Waals surface area contributed by atoms with Crippen LogP contribution in [0.1, 0.15) is 31.2 Å². The Kier molecular flexibility index (Phi) is 7.47. The lowest BCUT2D eigenvalue weighted by atomic mass is 10.0. The highest BCUT2D eigenvalue weighted by atomic mass is 19.4. The zero-order valence-corrected chi connectivity index (χ0v) is 18.5. The number of carbonyl (C=O) groups excluding carboxylic acids is 1. The summed E-state index contributed by atoms with van der Waals surface area (Å²) in [5.41, 5.74) is -0.160. The number of nitrogens with zero attached hydrogens (tertiary/aromatic N) is 2. The highest BCUT2D eigenvalue weighted by Crippen LogP contribution is 2.33. The maximum Gasteiger partial charge on any atom is 0.416 e. The lowest BCUT2D eigenvalue weighted by Gasteiger charge is -2.41. The minimum absolute atomic E-state index is 0.00570. The van der Waals surface area contributed by atoms with Crippen molar-refractivity contribution < 1.29 is 32.9 Å². The van der Waals surface area contributed by atoms with Crippen LogP contribution in [0.5, 0.6) is 0 Å². The van der Waals surface area contributed by atoms with E-state index in [-0.39, 0.29) is 25.0 Å². The van der Waals surface area contributed by atoms with Gasteiger partial charge in [0.15, 0.2) is 0 Å². The summed E-state index contributed by atoms with van der Waals surface area (Å²) in [7, 11) is 0. The van der Waals surface area contributed by atoms with Gasteiger partial charge < -0.3 is 25.2 Å². The SMILES string of the molecule is O=C(NC[C@H]1O[C@@H](CO)[C@@H](O)[C@H]1N1CCN(c2cccc(C(F)(F)F)c2)CC1)C1CCCC1. The first-order valence-corrected chi connectivity index (χ1v) is 11.7. The van der Waals surface area contributed by atoms with Gasteiger partial charge in [0.25, 0.3) is 0 Å². The monoisotopic (exact) mass is 471 g/mol. The van der Waals surface area contributed by atoms with Gasteiger partial charge >= 0.3 is 6.18 Å². The Bertz CT molecular complexity index is 810. The molecule has 2 aliphatic heterocycles. The number of aliphatic hydroxyl groups excluding tert-OH is 2. The van der Waals surface area contributed by atoms with Gasteiger partial charge in [0.05, 0.1) is 24.3 Å². The summed E-state index contributed by atoms with van der Waals surface area (Å²) >= 11 is 0. The zero-order chi connectivity index (χ0) is 23.6. The van der Waals surface area contributed by atoms with Crippen LogP contribution in [-0.2, 0) is 15.7 Å². The van der Waals surface area contributed by atoms with Crippen molar-refractivity contribution in [1.82, 2.24) is 10.2 Å². The van der Waals surface area contributed by atoms with E-state index in [1.807, 2.05) is 4.90 Å². The first kappa shape index (κ1) is 24.3. The predicted octanol–water partition coefficient (Wildman–Crippen LogP) is 1.62. The topological polar surface area (TPSA) is 85.3 Å². The molecule has 4 rings (SSSR count). The molecule has 4 atom stereocenters. The van der Waals surface area contributed by atoms with Crippen LogP contribution in [0.15, 0.2) is 24.3 Å². The van der Waals surface area contributed by atoms with Crippen LogP contribution >= 0.6 is 0 Å². The predicted molar refractivity (Wildman–Crippen MR) is 116 cm³/mol. The van der Waals surface area contributed by atoms with Gasteiger partial charge in [-0.25, -0.2) is 0 Å². The number of anilines is 1. The van der Waals surface area contributed by atoms with E-state index in [2.05, 4.69) is 10.2 Å². The Morgan fingerprint density at radius 2 is 1.82 bits per heavy atom. The van der Waals surface area contributed by atoms with Crippen molar-refractivity contribution >= 4 is 11.6 Å². The van der Waals surface area contributed by atoms with Gasteiger partial charge in [-0.2, -0.15) is 13.2 Å². The molecule has 1 amide bonds. The van der Waals surface area contributed by atoms with Gasteiger partial charge in [-0.05, 0) is 31.0 Å². The van der Waals surface area contributed by atoms with Crippen LogP contribution in [-0.4, -0.2) is 84.7 Å². The number of hydrogen-bond donors (Lipinski definition) is 3. The van der Waals surface area contributed by atoms with E-state index in [0.29, 0.717) is 31.9 Å². The van der Waals surface area contributed by atoms with Gasteiger partial charge in [0.1, 0.15) is 12.2 Å². The Hall–Kier alpha value is -1.88. The molecule has 3 N–H and O–H groups in total. The fraction of sp³-hybridized carbons (Fsp3) is 0.696. The van der Waals surface area contributed by atoms with Crippen LogP contribution in [0.25, 0.3) is 0 Å². The third-order valence-electron chi connectivity index (χ3n) is 7.12. The average Bonchev–Trinajstić information content (AvgIpc) is 3.45. The number of rotatable bonds is 6. The number of alkyl halides is 3. The second kappa shape index (κ2) is 10.2. The van der Waals surface area contributed by atoms with Crippen LogP contribution < -0.4 is 10.2 Å². The van der Waals surface area contributed by atoms with Gasteiger partial charge in [0, 0.05) is 44.3 Å². The molecule has 1 saturated carbocycles. The van der Waals surface area contributed by atoms with Crippen molar-refractivity contribution in [2.75, 3.05) is 44.2 Å². The first-order chi connectivity index (χ1) is 15.8. The number of nitrogens with one attached hydrogen (secondary N) is 1. The standard InChI is InChI=1S/C23H32F3N3O4/c24-23(25,26)16-6-3-7-17(12-16)28-8-10-29(11-9-28)20-18(33-19(14-30)21(20)31)13-27-22(32)15-4-1-2-5-15/h3,6-7,12,15,18-21,30-31H,1-2,4-5,8-11,13-14H2,(H,27,32)/t18-,19+,20+,21-/m1/s1. The Labute approximate surface area is 191 Å². The molecule has 3 aliphatic rings. The molecule has 7 nitrogen and oxygen atoms in total. The van der Waals surface area contributed by atoms with E-state index in [1.165, 1.54) is 6.07 Å². The molecule has 0 unspecified atom stereocenters. The number of benzene rings is 1. The van der Waals surface area contributed by atoms with E-state index >= 15 is 0 Å². The molecule has 184 valence electrons. The largest absolute Gasteiger partial charge is 0.416 e. The van der Waals surface area contributed by atoms with Gasteiger partial charge in [-0.15, -0.1) is 0 Å². The molecule has 10 heteroatoms. The van der Waals surface area contributed by atoms with E-state index in [0.717, 1.165) is 37.8 Å². The molecule has 2 heterocycles. The lowest BCUT2D eigenvalue weighted by molar-refractivity contribution is -0.137. The molecule has 0 bridgehead atoms. The third-order valence-corrected chi connectivity index (χ3v) is 7.12. The minimum atomic E-state index is -4.39. The minimum Gasteiger partial charge on any atom is -0.394 e. The summed E-state index contributed by atoms with van der Waals surface area (Å²) in [6.45, 7) is 1.96. The highest BCUT2D eigenvalue weighted by Gasteiger charge is 2.47. The fourth-order valence-electron chi connectivity index (χ4n) is 5.29. The summed E-state index contributed by atoms with van der Waals surface area (Å²) in [6.07, 6.45) is -2.61. The number of piperazine rings is 1. The summed E-state index contributed by atoms with van der Waals surface area (Å²) < 4.78 is 45.1. The van der Waals surface area contributed by atoms with Gasteiger partial charge in [-0.1, -0.05) is 18.9 Å². The second-order valence-electron chi connectivity index (χ2n) is 9.17. The lowest BCUT2D eigenvalue weighted by Crippen LogP contribution is -2.57. The number of hydrogen-bond acceptors (Lipinski definition) is 6. The van der Waals surface area contributed by atoms with Crippen LogP contribution in [0.2, 0.25) is 0 Å². The zero-order valence-electron chi connectivity index (χ0n) is 18.5. The molecular weight excluding hydrogens is 439 g/mol. The van der Waals surface area contributed by atoms with Crippen molar-refractivity contribution in [2.24, 2.45) is 5.92 Å². The second-order valence-corrected chi connectivity index (χ2v) is 9.17. The van der Waals surface area contributed by atoms with E-state index < -0.39 is 36.1 Å². The van der Waals surface area contributed by atoms with E-state index in [4.69, 9.17) is 4.74 Å². The molecule has 2 saturated heterocycles. The Morgan fingerprint density at radius 3 is 2.45 bits per heavy atom. The van der Waals surface area contributed by atoms with Gasteiger partial charge in [-0.3, -0.25) is 9.69 Å². The summed E-state index contributed by atoms with van der Waals surface area (Å²) in [5.74, 6) is 0.0329. The number of ether oxygens (including phenoxy) is 1.